The van der Waals surface area contributed by atoms with E-state index in [4.69, 9.17) is 28.9 Å². The second kappa shape index (κ2) is 5.62. The Morgan fingerprint density at radius 3 is 2.90 bits per heavy atom. The molecule has 20 heavy (non-hydrogen) atoms. The average Bonchev–Trinajstić information content (AvgIpc) is 2.93. The fraction of sp³-hybridized carbons (Fsp3) is 0.357. The van der Waals surface area contributed by atoms with Crippen molar-refractivity contribution in [2.45, 2.75) is 26.1 Å². The van der Waals surface area contributed by atoms with Crippen LogP contribution in [0.15, 0.2) is 17.5 Å². The Labute approximate surface area is 132 Å². The summed E-state index contributed by atoms with van der Waals surface area (Å²) in [5.74, 6) is 0. The predicted molar refractivity (Wildman–Crippen MR) is 84.4 cm³/mol. The third-order valence-electron chi connectivity index (χ3n) is 3.58. The molecule has 2 aromatic rings. The van der Waals surface area contributed by atoms with Crippen molar-refractivity contribution >= 4 is 34.5 Å². The van der Waals surface area contributed by atoms with E-state index in [9.17, 15) is 0 Å². The molecule has 1 aromatic heterocycles. The Morgan fingerprint density at radius 2 is 2.25 bits per heavy atom. The molecule has 1 aliphatic rings. The number of nitrogens with two attached hydrogens (primary N) is 1. The summed E-state index contributed by atoms with van der Waals surface area (Å²) in [5.41, 5.74) is 9.31. The van der Waals surface area contributed by atoms with Gasteiger partial charge in [-0.3, -0.25) is 4.90 Å². The smallest absolute Gasteiger partial charge is 0.107 e. The van der Waals surface area contributed by atoms with Crippen molar-refractivity contribution in [3.8, 4) is 0 Å². The van der Waals surface area contributed by atoms with Gasteiger partial charge in [-0.15, -0.1) is 11.3 Å². The molecular weight excluding hydrogens is 313 g/mol. The van der Waals surface area contributed by atoms with Crippen LogP contribution in [0.25, 0.3) is 0 Å². The Kier molecular flexibility index (Phi) is 4.02. The maximum atomic E-state index is 6.30. The highest BCUT2D eigenvalue weighted by Gasteiger charge is 2.31. The number of benzene rings is 1. The van der Waals surface area contributed by atoms with E-state index in [-0.39, 0.29) is 6.04 Å². The highest BCUT2D eigenvalue weighted by Crippen LogP contribution is 2.39. The number of fused-ring (bicyclic) bond motifs is 1. The first kappa shape index (κ1) is 14.3. The molecule has 0 fully saturated rings. The number of halogens is 2. The van der Waals surface area contributed by atoms with Crippen LogP contribution in [-0.2, 0) is 13.1 Å². The lowest BCUT2D eigenvalue weighted by molar-refractivity contribution is 0.210. The molecule has 0 amide bonds. The van der Waals surface area contributed by atoms with Crippen LogP contribution >= 0.6 is 34.5 Å². The minimum atomic E-state index is 0.158. The molecule has 0 saturated carbocycles. The summed E-state index contributed by atoms with van der Waals surface area (Å²) in [6, 6.07) is 3.94. The minimum Gasteiger partial charge on any atom is -0.329 e. The molecule has 1 atom stereocenters. The van der Waals surface area contributed by atoms with Crippen molar-refractivity contribution < 1.29 is 0 Å². The highest BCUT2D eigenvalue weighted by molar-refractivity contribution is 7.09. The zero-order valence-electron chi connectivity index (χ0n) is 11.1. The molecule has 0 spiro atoms. The molecule has 0 radical (unpaired) electrons. The van der Waals surface area contributed by atoms with E-state index < -0.39 is 0 Å². The molecule has 1 aliphatic heterocycles. The lowest BCUT2D eigenvalue weighted by Crippen LogP contribution is -2.27. The van der Waals surface area contributed by atoms with Gasteiger partial charge in [0, 0.05) is 40.3 Å². The molecular formula is C14H15Cl2N3S. The number of hydrogen-bond donors (Lipinski definition) is 1. The van der Waals surface area contributed by atoms with E-state index in [1.165, 1.54) is 0 Å². The Balaban J connectivity index is 1.90. The van der Waals surface area contributed by atoms with Gasteiger partial charge in [-0.25, -0.2) is 4.98 Å². The van der Waals surface area contributed by atoms with Crippen LogP contribution in [0.5, 0.6) is 0 Å². The monoisotopic (exact) mass is 327 g/mol. The van der Waals surface area contributed by atoms with E-state index in [0.717, 1.165) is 39.9 Å². The summed E-state index contributed by atoms with van der Waals surface area (Å²) < 4.78 is 0. The lowest BCUT2D eigenvalue weighted by Gasteiger charge is -2.22. The van der Waals surface area contributed by atoms with E-state index in [1.54, 1.807) is 17.4 Å². The van der Waals surface area contributed by atoms with E-state index >= 15 is 0 Å². The van der Waals surface area contributed by atoms with Crippen molar-refractivity contribution in [1.29, 1.82) is 0 Å². The number of aryl methyl sites for hydroxylation is 1. The number of thiazole rings is 1. The van der Waals surface area contributed by atoms with Crippen molar-refractivity contribution in [3.05, 3.63) is 49.4 Å². The second-order valence-corrected chi connectivity index (χ2v) is 6.78. The van der Waals surface area contributed by atoms with Crippen LogP contribution in [0.1, 0.15) is 27.9 Å². The van der Waals surface area contributed by atoms with Gasteiger partial charge in [0.15, 0.2) is 0 Å². The SMILES string of the molecule is Cc1csc(CN2Cc3c(Cl)cc(Cl)cc3C2CN)n1. The fourth-order valence-electron chi connectivity index (χ4n) is 2.69. The molecule has 0 saturated heterocycles. The highest BCUT2D eigenvalue weighted by atomic mass is 35.5. The largest absolute Gasteiger partial charge is 0.329 e. The van der Waals surface area contributed by atoms with E-state index in [2.05, 4.69) is 15.3 Å². The number of nitrogens with zero attached hydrogens (tertiary/aromatic N) is 2. The summed E-state index contributed by atoms with van der Waals surface area (Å²) in [6.07, 6.45) is 0. The van der Waals surface area contributed by atoms with Crippen molar-refractivity contribution in [2.75, 3.05) is 6.54 Å². The normalized spacial score (nSPS) is 18.5. The van der Waals surface area contributed by atoms with Gasteiger partial charge >= 0.3 is 0 Å². The summed E-state index contributed by atoms with van der Waals surface area (Å²) >= 11 is 14.1. The number of rotatable bonds is 3. The van der Waals surface area contributed by atoms with Gasteiger partial charge in [0.25, 0.3) is 0 Å². The van der Waals surface area contributed by atoms with Crippen LogP contribution in [0.3, 0.4) is 0 Å². The molecule has 106 valence electrons. The Morgan fingerprint density at radius 1 is 1.45 bits per heavy atom. The van der Waals surface area contributed by atoms with Crippen LogP contribution in [0, 0.1) is 6.92 Å². The third kappa shape index (κ3) is 2.59. The minimum absolute atomic E-state index is 0.158. The van der Waals surface area contributed by atoms with E-state index in [1.807, 2.05) is 13.0 Å². The summed E-state index contributed by atoms with van der Waals surface area (Å²) in [4.78, 5) is 6.83. The Hall–Kier alpha value is -0.650. The van der Waals surface area contributed by atoms with Gasteiger partial charge in [-0.05, 0) is 30.2 Å². The average molecular weight is 328 g/mol. The van der Waals surface area contributed by atoms with Gasteiger partial charge in [0.05, 0.1) is 6.54 Å². The van der Waals surface area contributed by atoms with E-state index in [0.29, 0.717) is 11.6 Å². The molecule has 1 unspecified atom stereocenters. The van der Waals surface area contributed by atoms with Crippen LogP contribution < -0.4 is 5.73 Å². The van der Waals surface area contributed by atoms with Gasteiger partial charge in [-0.2, -0.15) is 0 Å². The van der Waals surface area contributed by atoms with Gasteiger partial charge < -0.3 is 5.73 Å². The Bertz CT molecular complexity index is 641. The summed E-state index contributed by atoms with van der Waals surface area (Å²) in [5, 5.41) is 4.57. The third-order valence-corrected chi connectivity index (χ3v) is 5.09. The molecule has 3 nitrogen and oxygen atoms in total. The first-order chi connectivity index (χ1) is 9.58. The molecule has 0 bridgehead atoms. The first-order valence-electron chi connectivity index (χ1n) is 6.41. The zero-order valence-corrected chi connectivity index (χ0v) is 13.4. The molecule has 0 aliphatic carbocycles. The molecule has 6 heteroatoms. The number of hydrogen-bond acceptors (Lipinski definition) is 4. The van der Waals surface area contributed by atoms with Crippen LogP contribution in [-0.4, -0.2) is 16.4 Å². The number of aromatic nitrogens is 1. The molecule has 2 heterocycles. The quantitative estimate of drug-likeness (QED) is 0.932. The molecule has 1 aromatic carbocycles. The topological polar surface area (TPSA) is 42.1 Å². The maximum absolute atomic E-state index is 6.30. The van der Waals surface area contributed by atoms with Gasteiger partial charge in [0.1, 0.15) is 5.01 Å². The standard InChI is InChI=1S/C14H15Cl2N3S/c1-8-7-20-14(18-8)6-19-5-11-10(13(19)4-17)2-9(15)3-12(11)16/h2-3,7,13H,4-6,17H2,1H3. The lowest BCUT2D eigenvalue weighted by atomic mass is 10.1. The maximum Gasteiger partial charge on any atom is 0.107 e. The second-order valence-electron chi connectivity index (χ2n) is 4.99. The molecule has 3 rings (SSSR count). The predicted octanol–water partition coefficient (Wildman–Crippen LogP) is 3.77. The summed E-state index contributed by atoms with van der Waals surface area (Å²) in [6.45, 7) is 4.15. The van der Waals surface area contributed by atoms with Crippen LogP contribution in [0.4, 0.5) is 0 Å². The first-order valence-corrected chi connectivity index (χ1v) is 8.05. The van der Waals surface area contributed by atoms with Crippen molar-refractivity contribution in [1.82, 2.24) is 9.88 Å². The summed E-state index contributed by atoms with van der Waals surface area (Å²) in [7, 11) is 0. The fourth-order valence-corrected chi connectivity index (χ4v) is 4.05. The molecule has 2 N–H and O–H groups in total. The van der Waals surface area contributed by atoms with Gasteiger partial charge in [0.2, 0.25) is 0 Å². The van der Waals surface area contributed by atoms with Crippen molar-refractivity contribution in [3.63, 3.8) is 0 Å². The van der Waals surface area contributed by atoms with Crippen LogP contribution in [0.2, 0.25) is 10.0 Å². The van der Waals surface area contributed by atoms with Gasteiger partial charge in [-0.1, -0.05) is 23.2 Å². The van der Waals surface area contributed by atoms with Crippen molar-refractivity contribution in [2.24, 2.45) is 5.73 Å². The zero-order chi connectivity index (χ0) is 14.3.